The van der Waals surface area contributed by atoms with E-state index in [0.29, 0.717) is 22.7 Å². The second-order valence-electron chi connectivity index (χ2n) is 5.77. The van der Waals surface area contributed by atoms with Gasteiger partial charge in [-0.1, -0.05) is 24.3 Å². The maximum atomic E-state index is 12.3. The van der Waals surface area contributed by atoms with Gasteiger partial charge in [-0.2, -0.15) is 10.3 Å². The Morgan fingerprint density at radius 1 is 1.03 bits per heavy atom. The Balaban J connectivity index is 1.74. The van der Waals surface area contributed by atoms with Gasteiger partial charge in [0.15, 0.2) is 12.3 Å². The van der Waals surface area contributed by atoms with Crippen molar-refractivity contribution in [1.29, 1.82) is 0 Å². The highest BCUT2D eigenvalue weighted by Gasteiger charge is 2.22. The molecule has 3 aromatic rings. The van der Waals surface area contributed by atoms with Crippen molar-refractivity contribution in [2.45, 2.75) is 6.92 Å². The van der Waals surface area contributed by atoms with Crippen molar-refractivity contribution < 1.29 is 23.8 Å². The van der Waals surface area contributed by atoms with Crippen molar-refractivity contribution in [2.75, 3.05) is 25.6 Å². The molecule has 0 unspecified atom stereocenters. The molecule has 0 saturated heterocycles. The van der Waals surface area contributed by atoms with E-state index in [0.717, 1.165) is 0 Å². The molecule has 150 valence electrons. The molecule has 0 spiro atoms. The monoisotopic (exact) mass is 396 g/mol. The molecule has 3 rings (SSSR count). The van der Waals surface area contributed by atoms with Crippen molar-refractivity contribution in [3.63, 3.8) is 0 Å². The van der Waals surface area contributed by atoms with Crippen LogP contribution in [0.5, 0.6) is 11.5 Å². The van der Waals surface area contributed by atoms with Crippen LogP contribution in [-0.2, 0) is 9.53 Å². The number of anilines is 1. The van der Waals surface area contributed by atoms with Crippen LogP contribution < -0.4 is 14.8 Å². The minimum Gasteiger partial charge on any atom is -0.495 e. The average molecular weight is 396 g/mol. The zero-order valence-corrected chi connectivity index (χ0v) is 16.0. The number of carbonyl (C=O) groups excluding carboxylic acids is 2. The molecule has 0 radical (unpaired) electrons. The van der Waals surface area contributed by atoms with E-state index in [2.05, 4.69) is 20.7 Å². The fraction of sp³-hybridized carbons (Fsp3) is 0.200. The van der Waals surface area contributed by atoms with E-state index in [1.807, 2.05) is 0 Å². The van der Waals surface area contributed by atoms with Crippen LogP contribution >= 0.6 is 0 Å². The van der Waals surface area contributed by atoms with E-state index in [1.54, 1.807) is 55.5 Å². The van der Waals surface area contributed by atoms with Crippen molar-refractivity contribution in [3.8, 4) is 22.8 Å². The Hall–Kier alpha value is -3.88. The number of aromatic nitrogens is 3. The first-order valence-electron chi connectivity index (χ1n) is 8.87. The summed E-state index contributed by atoms with van der Waals surface area (Å²) in [6.45, 7) is 1.67. The Morgan fingerprint density at radius 2 is 1.76 bits per heavy atom. The van der Waals surface area contributed by atoms with Crippen LogP contribution in [0.1, 0.15) is 17.4 Å². The summed E-state index contributed by atoms with van der Waals surface area (Å²) in [7, 11) is 1.52. The summed E-state index contributed by atoms with van der Waals surface area (Å²) in [6.07, 6.45) is 0. The zero-order valence-electron chi connectivity index (χ0n) is 16.0. The molecule has 0 bridgehead atoms. The topological polar surface area (TPSA) is 115 Å². The third-order valence-corrected chi connectivity index (χ3v) is 3.90. The number of hydrogen-bond donors (Lipinski definition) is 2. The normalized spacial score (nSPS) is 10.3. The van der Waals surface area contributed by atoms with Crippen molar-refractivity contribution in [3.05, 3.63) is 54.2 Å². The molecule has 0 aliphatic heterocycles. The quantitative estimate of drug-likeness (QED) is 0.562. The Morgan fingerprint density at radius 3 is 2.52 bits per heavy atom. The summed E-state index contributed by atoms with van der Waals surface area (Å²) in [4.78, 5) is 24.4. The lowest BCUT2D eigenvalue weighted by atomic mass is 10.1. The van der Waals surface area contributed by atoms with Gasteiger partial charge in [0.25, 0.3) is 5.91 Å². The summed E-state index contributed by atoms with van der Waals surface area (Å²) in [5, 5.41) is 13.1. The van der Waals surface area contributed by atoms with Gasteiger partial charge in [-0.15, -0.1) is 5.10 Å². The van der Waals surface area contributed by atoms with Gasteiger partial charge in [-0.25, -0.2) is 4.79 Å². The second-order valence-corrected chi connectivity index (χ2v) is 5.77. The third kappa shape index (κ3) is 4.70. The zero-order chi connectivity index (χ0) is 20.6. The molecule has 2 N–H and O–H groups in total. The summed E-state index contributed by atoms with van der Waals surface area (Å²) in [6, 6.07) is 14.0. The van der Waals surface area contributed by atoms with E-state index < -0.39 is 5.97 Å². The largest absolute Gasteiger partial charge is 0.495 e. The van der Waals surface area contributed by atoms with E-state index in [4.69, 9.17) is 14.2 Å². The van der Waals surface area contributed by atoms with Crippen molar-refractivity contribution >= 4 is 17.6 Å². The third-order valence-electron chi connectivity index (χ3n) is 3.90. The number of ether oxygens (including phenoxy) is 3. The minimum absolute atomic E-state index is 0.0429. The van der Waals surface area contributed by atoms with E-state index in [-0.39, 0.29) is 30.5 Å². The number of rotatable bonds is 8. The Labute approximate surface area is 167 Å². The fourth-order valence-corrected chi connectivity index (χ4v) is 2.63. The molecule has 0 saturated carbocycles. The number of para-hydroxylation sites is 3. The molecule has 9 nitrogen and oxygen atoms in total. The molecule has 0 aliphatic rings. The summed E-state index contributed by atoms with van der Waals surface area (Å²) in [5.74, 6) is -0.0416. The number of carbonyl (C=O) groups is 2. The van der Waals surface area contributed by atoms with E-state index in [9.17, 15) is 9.59 Å². The number of benzene rings is 2. The molecule has 2 aromatic carbocycles. The lowest BCUT2D eigenvalue weighted by molar-refractivity contribution is -0.118. The van der Waals surface area contributed by atoms with Crippen LogP contribution in [0.2, 0.25) is 0 Å². The Bertz CT molecular complexity index is 1000. The predicted molar refractivity (Wildman–Crippen MR) is 105 cm³/mol. The summed E-state index contributed by atoms with van der Waals surface area (Å²) in [5.41, 5.74) is 1.37. The SMILES string of the molecule is CCOC(=O)c1n[nH]nc1-c1ccccc1OCC(=O)Nc1ccccc1OC. The van der Waals surface area contributed by atoms with Gasteiger partial charge in [0.1, 0.15) is 17.2 Å². The van der Waals surface area contributed by atoms with E-state index in [1.165, 1.54) is 7.11 Å². The number of aromatic amines is 1. The number of esters is 1. The molecular weight excluding hydrogens is 376 g/mol. The van der Waals surface area contributed by atoms with Gasteiger partial charge in [-0.3, -0.25) is 4.79 Å². The van der Waals surface area contributed by atoms with Gasteiger partial charge in [0.05, 0.1) is 19.4 Å². The first-order chi connectivity index (χ1) is 14.1. The summed E-state index contributed by atoms with van der Waals surface area (Å²) < 4.78 is 15.9. The second kappa shape index (κ2) is 9.36. The van der Waals surface area contributed by atoms with Gasteiger partial charge in [0, 0.05) is 5.56 Å². The van der Waals surface area contributed by atoms with Crippen molar-refractivity contribution in [1.82, 2.24) is 15.4 Å². The number of nitrogens with zero attached hydrogens (tertiary/aromatic N) is 2. The molecule has 9 heteroatoms. The highest BCUT2D eigenvalue weighted by molar-refractivity contribution is 5.95. The van der Waals surface area contributed by atoms with Gasteiger partial charge >= 0.3 is 5.97 Å². The smallest absolute Gasteiger partial charge is 0.361 e. The number of amides is 1. The highest BCUT2D eigenvalue weighted by atomic mass is 16.5. The first-order valence-corrected chi connectivity index (χ1v) is 8.87. The maximum Gasteiger partial charge on any atom is 0.361 e. The number of methoxy groups -OCH3 is 1. The van der Waals surface area contributed by atoms with E-state index >= 15 is 0 Å². The number of nitrogens with one attached hydrogen (secondary N) is 2. The number of H-pyrrole nitrogens is 1. The molecule has 1 aromatic heterocycles. The molecule has 0 fully saturated rings. The van der Waals surface area contributed by atoms with Gasteiger partial charge in [0.2, 0.25) is 0 Å². The van der Waals surface area contributed by atoms with Crippen LogP contribution in [0, 0.1) is 0 Å². The molecule has 29 heavy (non-hydrogen) atoms. The van der Waals surface area contributed by atoms with Crippen LogP contribution in [0.15, 0.2) is 48.5 Å². The average Bonchev–Trinajstić information content (AvgIpc) is 3.23. The molecule has 0 aliphatic carbocycles. The fourth-order valence-electron chi connectivity index (χ4n) is 2.63. The lowest BCUT2D eigenvalue weighted by Crippen LogP contribution is -2.20. The van der Waals surface area contributed by atoms with Gasteiger partial charge < -0.3 is 19.5 Å². The molecule has 0 atom stereocenters. The first kappa shape index (κ1) is 19.9. The van der Waals surface area contributed by atoms with Crippen LogP contribution in [0.25, 0.3) is 11.3 Å². The van der Waals surface area contributed by atoms with Crippen LogP contribution in [0.3, 0.4) is 0 Å². The van der Waals surface area contributed by atoms with Crippen LogP contribution in [-0.4, -0.2) is 47.6 Å². The summed E-state index contributed by atoms with van der Waals surface area (Å²) >= 11 is 0. The highest BCUT2D eigenvalue weighted by Crippen LogP contribution is 2.30. The lowest BCUT2D eigenvalue weighted by Gasteiger charge is -2.12. The predicted octanol–water partition coefficient (Wildman–Crippen LogP) is 2.67. The van der Waals surface area contributed by atoms with Crippen molar-refractivity contribution in [2.24, 2.45) is 0 Å². The van der Waals surface area contributed by atoms with Gasteiger partial charge in [-0.05, 0) is 31.2 Å². The molecule has 1 amide bonds. The number of hydrogen-bond acceptors (Lipinski definition) is 7. The molecular formula is C20H20N4O5. The Kier molecular flexibility index (Phi) is 6.41. The molecule has 1 heterocycles. The standard InChI is InChI=1S/C20H20N4O5/c1-3-28-20(26)19-18(22-24-23-19)13-8-4-6-10-15(13)29-12-17(25)21-14-9-5-7-11-16(14)27-2/h4-11H,3,12H2,1-2H3,(H,21,25)(H,22,23,24). The maximum absolute atomic E-state index is 12.3. The van der Waals surface area contributed by atoms with Crippen LogP contribution in [0.4, 0.5) is 5.69 Å². The minimum atomic E-state index is -0.597.